The second-order valence-electron chi connectivity index (χ2n) is 6.69. The maximum Gasteiger partial charge on any atom is 0.237 e. The van der Waals surface area contributed by atoms with Gasteiger partial charge in [0.2, 0.25) is 5.91 Å². The largest absolute Gasteiger partial charge is 0.390 e. The first kappa shape index (κ1) is 12.7. The lowest BCUT2D eigenvalue weighted by Crippen LogP contribution is -2.43. The van der Waals surface area contributed by atoms with Crippen LogP contribution in [0.2, 0.25) is 0 Å². The van der Waals surface area contributed by atoms with Crippen molar-refractivity contribution in [2.45, 2.75) is 51.0 Å². The highest BCUT2D eigenvalue weighted by Gasteiger charge is 2.50. The van der Waals surface area contributed by atoms with E-state index in [1.54, 1.807) is 13.8 Å². The van der Waals surface area contributed by atoms with Crippen molar-refractivity contribution in [3.8, 4) is 0 Å². The second kappa shape index (κ2) is 3.83. The van der Waals surface area contributed by atoms with E-state index in [4.69, 9.17) is 0 Å². The third kappa shape index (κ3) is 1.79. The Hall–Kier alpha value is -1.35. The van der Waals surface area contributed by atoms with Gasteiger partial charge in [-0.25, -0.2) is 0 Å². The standard InChI is InChI=1S/C16H21NO2/c1-15(2,19)10-16(3)12-8-4-6-11-7-5-9-17(13(11)12)14(16)18/h4,6,8,19H,5,7,9-10H2,1-3H3/t16-/m0/s1. The van der Waals surface area contributed by atoms with E-state index in [1.165, 1.54) is 5.56 Å². The molecule has 2 aliphatic heterocycles. The quantitative estimate of drug-likeness (QED) is 0.886. The van der Waals surface area contributed by atoms with Gasteiger partial charge in [0, 0.05) is 6.54 Å². The smallest absolute Gasteiger partial charge is 0.237 e. The number of aryl methyl sites for hydroxylation is 1. The lowest BCUT2D eigenvalue weighted by molar-refractivity contribution is -0.124. The zero-order chi connectivity index (χ0) is 13.8. The minimum Gasteiger partial charge on any atom is -0.390 e. The summed E-state index contributed by atoms with van der Waals surface area (Å²) in [7, 11) is 0. The van der Waals surface area contributed by atoms with Gasteiger partial charge in [-0.1, -0.05) is 18.2 Å². The Kier molecular flexibility index (Phi) is 2.55. The fraction of sp³-hybridized carbons (Fsp3) is 0.562. The van der Waals surface area contributed by atoms with E-state index >= 15 is 0 Å². The number of para-hydroxylation sites is 1. The maximum atomic E-state index is 12.8. The van der Waals surface area contributed by atoms with Crippen molar-refractivity contribution in [1.29, 1.82) is 0 Å². The topological polar surface area (TPSA) is 40.5 Å². The van der Waals surface area contributed by atoms with E-state index < -0.39 is 11.0 Å². The molecule has 1 atom stereocenters. The lowest BCUT2D eigenvalue weighted by atomic mass is 9.75. The minimum atomic E-state index is -0.845. The summed E-state index contributed by atoms with van der Waals surface area (Å²) in [5.41, 5.74) is 2.05. The van der Waals surface area contributed by atoms with Crippen LogP contribution in [0.25, 0.3) is 0 Å². The van der Waals surface area contributed by atoms with Gasteiger partial charge in [0.25, 0.3) is 0 Å². The molecule has 0 saturated carbocycles. The first-order valence-corrected chi connectivity index (χ1v) is 7.00. The molecule has 1 N–H and O–H groups in total. The zero-order valence-corrected chi connectivity index (χ0v) is 11.9. The van der Waals surface area contributed by atoms with Crippen LogP contribution in [0.5, 0.6) is 0 Å². The van der Waals surface area contributed by atoms with Crippen molar-refractivity contribution in [2.75, 3.05) is 11.4 Å². The molecule has 3 heteroatoms. The molecule has 1 aromatic carbocycles. The molecule has 2 heterocycles. The monoisotopic (exact) mass is 259 g/mol. The van der Waals surface area contributed by atoms with Crippen LogP contribution in [0.15, 0.2) is 18.2 Å². The molecule has 2 aliphatic rings. The number of hydrogen-bond acceptors (Lipinski definition) is 2. The van der Waals surface area contributed by atoms with E-state index in [2.05, 4.69) is 6.07 Å². The molecule has 0 spiro atoms. The van der Waals surface area contributed by atoms with Crippen LogP contribution in [0.4, 0.5) is 5.69 Å². The van der Waals surface area contributed by atoms with Crippen LogP contribution in [0.3, 0.4) is 0 Å². The van der Waals surface area contributed by atoms with Gasteiger partial charge in [-0.05, 0) is 51.2 Å². The second-order valence-corrected chi connectivity index (χ2v) is 6.69. The summed E-state index contributed by atoms with van der Waals surface area (Å²) in [6.07, 6.45) is 2.54. The van der Waals surface area contributed by atoms with Crippen LogP contribution in [0, 0.1) is 0 Å². The molecule has 3 rings (SSSR count). The average Bonchev–Trinajstić information content (AvgIpc) is 2.52. The van der Waals surface area contributed by atoms with Crippen molar-refractivity contribution in [3.63, 3.8) is 0 Å². The van der Waals surface area contributed by atoms with Crippen molar-refractivity contribution >= 4 is 11.6 Å². The lowest BCUT2D eigenvalue weighted by Gasteiger charge is -2.30. The Morgan fingerprint density at radius 3 is 2.84 bits per heavy atom. The SMILES string of the molecule is CC(C)(O)C[C@]1(C)C(=O)N2CCCc3cccc1c32. The molecule has 0 aromatic heterocycles. The van der Waals surface area contributed by atoms with Gasteiger partial charge < -0.3 is 10.0 Å². The molecule has 0 aliphatic carbocycles. The summed E-state index contributed by atoms with van der Waals surface area (Å²) in [6.45, 7) is 6.33. The van der Waals surface area contributed by atoms with Gasteiger partial charge in [-0.15, -0.1) is 0 Å². The molecule has 1 aromatic rings. The fourth-order valence-electron chi connectivity index (χ4n) is 3.75. The van der Waals surface area contributed by atoms with E-state index in [0.717, 1.165) is 30.6 Å². The number of rotatable bonds is 2. The molecule has 102 valence electrons. The first-order valence-electron chi connectivity index (χ1n) is 7.00. The molecule has 3 nitrogen and oxygen atoms in total. The molecule has 1 amide bonds. The Bertz CT molecular complexity index is 544. The number of benzene rings is 1. The van der Waals surface area contributed by atoms with Crippen molar-refractivity contribution in [2.24, 2.45) is 0 Å². The number of aliphatic hydroxyl groups is 1. The van der Waals surface area contributed by atoms with Gasteiger partial charge in [0.15, 0.2) is 0 Å². The predicted molar refractivity (Wildman–Crippen MR) is 75.4 cm³/mol. The molecule has 0 radical (unpaired) electrons. The fourth-order valence-corrected chi connectivity index (χ4v) is 3.75. The summed E-state index contributed by atoms with van der Waals surface area (Å²) in [6, 6.07) is 6.21. The molecule has 0 fully saturated rings. The zero-order valence-electron chi connectivity index (χ0n) is 11.9. The van der Waals surface area contributed by atoms with Crippen LogP contribution in [0.1, 0.15) is 44.7 Å². The van der Waals surface area contributed by atoms with Gasteiger partial charge in [-0.2, -0.15) is 0 Å². The van der Waals surface area contributed by atoms with Gasteiger partial charge >= 0.3 is 0 Å². The van der Waals surface area contributed by atoms with Gasteiger partial charge in [0.05, 0.1) is 16.7 Å². The Morgan fingerprint density at radius 1 is 1.42 bits per heavy atom. The summed E-state index contributed by atoms with van der Waals surface area (Å²) in [5.74, 6) is 0.150. The Labute approximate surface area is 114 Å². The summed E-state index contributed by atoms with van der Waals surface area (Å²) >= 11 is 0. The van der Waals surface area contributed by atoms with Crippen LogP contribution in [-0.4, -0.2) is 23.2 Å². The molecular weight excluding hydrogens is 238 g/mol. The summed E-state index contributed by atoms with van der Waals surface area (Å²) in [5, 5.41) is 10.2. The number of carbonyl (C=O) groups is 1. The third-order valence-corrected chi connectivity index (χ3v) is 4.32. The number of amides is 1. The predicted octanol–water partition coefficient (Wildman–Crippen LogP) is 2.40. The highest BCUT2D eigenvalue weighted by molar-refractivity contribution is 6.09. The van der Waals surface area contributed by atoms with E-state index in [1.807, 2.05) is 24.0 Å². The maximum absolute atomic E-state index is 12.8. The summed E-state index contributed by atoms with van der Waals surface area (Å²) < 4.78 is 0. The Morgan fingerprint density at radius 2 is 2.16 bits per heavy atom. The average molecular weight is 259 g/mol. The number of carbonyl (C=O) groups excluding carboxylic acids is 1. The Balaban J connectivity index is 2.16. The molecule has 0 saturated heterocycles. The number of anilines is 1. The van der Waals surface area contributed by atoms with Crippen LogP contribution < -0.4 is 4.90 Å². The van der Waals surface area contributed by atoms with Crippen molar-refractivity contribution < 1.29 is 9.90 Å². The van der Waals surface area contributed by atoms with E-state index in [9.17, 15) is 9.90 Å². The van der Waals surface area contributed by atoms with Gasteiger partial charge in [-0.3, -0.25) is 4.79 Å². The van der Waals surface area contributed by atoms with Crippen LogP contribution >= 0.6 is 0 Å². The highest BCUT2D eigenvalue weighted by atomic mass is 16.3. The van der Waals surface area contributed by atoms with Gasteiger partial charge in [0.1, 0.15) is 0 Å². The van der Waals surface area contributed by atoms with E-state index in [0.29, 0.717) is 6.42 Å². The molecule has 19 heavy (non-hydrogen) atoms. The first-order chi connectivity index (χ1) is 8.83. The highest BCUT2D eigenvalue weighted by Crippen LogP contribution is 2.49. The van der Waals surface area contributed by atoms with Crippen LogP contribution in [-0.2, 0) is 16.6 Å². The van der Waals surface area contributed by atoms with Crippen molar-refractivity contribution in [1.82, 2.24) is 0 Å². The molecule has 0 unspecified atom stereocenters. The molecule has 0 bridgehead atoms. The van der Waals surface area contributed by atoms with Crippen molar-refractivity contribution in [3.05, 3.63) is 29.3 Å². The number of nitrogens with zero attached hydrogens (tertiary/aromatic N) is 1. The summed E-state index contributed by atoms with van der Waals surface area (Å²) in [4.78, 5) is 14.7. The normalized spacial score (nSPS) is 25.7. The molecular formula is C16H21NO2. The van der Waals surface area contributed by atoms with E-state index in [-0.39, 0.29) is 5.91 Å². The third-order valence-electron chi connectivity index (χ3n) is 4.32. The number of hydrogen-bond donors (Lipinski definition) is 1. The minimum absolute atomic E-state index is 0.150.